The lowest BCUT2D eigenvalue weighted by Gasteiger charge is -2.40. The molecule has 2 aliphatic heterocycles. The molecule has 0 aliphatic carbocycles. The van der Waals surface area contributed by atoms with Crippen LogP contribution in [0, 0.1) is 0 Å². The summed E-state index contributed by atoms with van der Waals surface area (Å²) in [7, 11) is 1.95. The molecule has 2 fully saturated rings. The Bertz CT molecular complexity index is 796. The molecular formula is C18H23ClN4O2. The van der Waals surface area contributed by atoms with E-state index in [1.807, 2.05) is 29.9 Å². The van der Waals surface area contributed by atoms with Crippen LogP contribution in [-0.2, 0) is 23.1 Å². The number of ether oxygens (including phenoxy) is 1. The third-order valence-corrected chi connectivity index (χ3v) is 5.67. The number of amides is 1. The van der Waals surface area contributed by atoms with Crippen LogP contribution < -0.4 is 5.32 Å². The van der Waals surface area contributed by atoms with Crippen LogP contribution in [-0.4, -0.2) is 52.4 Å². The number of hydrogen-bond donors (Lipinski definition) is 1. The zero-order valence-electron chi connectivity index (χ0n) is 14.4. The van der Waals surface area contributed by atoms with Gasteiger partial charge in [0.05, 0.1) is 34.9 Å². The van der Waals surface area contributed by atoms with E-state index < -0.39 is 0 Å². The Morgan fingerprint density at radius 3 is 2.96 bits per heavy atom. The number of aromatic nitrogens is 2. The molecule has 1 aromatic heterocycles. The maximum Gasteiger partial charge on any atom is 0.222 e. The quantitative estimate of drug-likeness (QED) is 0.888. The Hall–Kier alpha value is -1.63. The summed E-state index contributed by atoms with van der Waals surface area (Å²) >= 11 is 6.41. The van der Waals surface area contributed by atoms with Crippen LogP contribution in [0.15, 0.2) is 18.2 Å². The van der Waals surface area contributed by atoms with E-state index in [0.29, 0.717) is 19.6 Å². The van der Waals surface area contributed by atoms with Crippen LogP contribution in [0.25, 0.3) is 10.9 Å². The summed E-state index contributed by atoms with van der Waals surface area (Å²) in [5.74, 6) is 0.105. The van der Waals surface area contributed by atoms with E-state index in [1.165, 1.54) is 0 Å². The smallest absolute Gasteiger partial charge is 0.222 e. The van der Waals surface area contributed by atoms with Gasteiger partial charge in [-0.2, -0.15) is 5.10 Å². The van der Waals surface area contributed by atoms with Crippen LogP contribution >= 0.6 is 11.6 Å². The number of hydrogen-bond acceptors (Lipinski definition) is 4. The fourth-order valence-corrected chi connectivity index (χ4v) is 4.26. The highest BCUT2D eigenvalue weighted by molar-refractivity contribution is 6.35. The number of nitrogens with zero attached hydrogens (tertiary/aromatic N) is 3. The van der Waals surface area contributed by atoms with Gasteiger partial charge in [-0.15, -0.1) is 0 Å². The first-order valence-corrected chi connectivity index (χ1v) is 9.17. The number of aryl methyl sites for hydroxylation is 1. The number of nitrogens with one attached hydrogen (secondary N) is 1. The van der Waals surface area contributed by atoms with E-state index in [1.54, 1.807) is 0 Å². The lowest BCUT2D eigenvalue weighted by molar-refractivity contribution is -0.128. The van der Waals surface area contributed by atoms with Crippen molar-refractivity contribution in [3.63, 3.8) is 0 Å². The highest BCUT2D eigenvalue weighted by Crippen LogP contribution is 2.33. The van der Waals surface area contributed by atoms with Crippen LogP contribution in [0.3, 0.4) is 0 Å². The molecule has 0 atom stereocenters. The minimum absolute atomic E-state index is 0.105. The van der Waals surface area contributed by atoms with Gasteiger partial charge >= 0.3 is 0 Å². The zero-order valence-corrected chi connectivity index (χ0v) is 15.2. The predicted octanol–water partition coefficient (Wildman–Crippen LogP) is 2.10. The van der Waals surface area contributed by atoms with Crippen molar-refractivity contribution in [3.05, 3.63) is 28.9 Å². The molecular weight excluding hydrogens is 340 g/mol. The maximum atomic E-state index is 11.9. The first-order chi connectivity index (χ1) is 12.1. The monoisotopic (exact) mass is 362 g/mol. The van der Waals surface area contributed by atoms with Crippen LogP contribution in [0.4, 0.5) is 0 Å². The van der Waals surface area contributed by atoms with Crippen LogP contribution in [0.2, 0.25) is 5.02 Å². The van der Waals surface area contributed by atoms with Gasteiger partial charge in [0.15, 0.2) is 0 Å². The van der Waals surface area contributed by atoms with Gasteiger partial charge in [0, 0.05) is 38.6 Å². The summed E-state index contributed by atoms with van der Waals surface area (Å²) in [6, 6.07) is 5.91. The molecule has 2 aromatic rings. The average Bonchev–Trinajstić information content (AvgIpc) is 2.79. The second-order valence-electron chi connectivity index (χ2n) is 7.04. The Balaban J connectivity index is 1.48. The van der Waals surface area contributed by atoms with Gasteiger partial charge < -0.3 is 10.1 Å². The van der Waals surface area contributed by atoms with Crippen molar-refractivity contribution < 1.29 is 9.53 Å². The van der Waals surface area contributed by atoms with Crippen molar-refractivity contribution in [2.75, 3.05) is 26.2 Å². The largest absolute Gasteiger partial charge is 0.373 e. The molecule has 0 radical (unpaired) electrons. The number of carbonyl (C=O) groups excluding carboxylic acids is 1. The first kappa shape index (κ1) is 16.8. The molecule has 1 aromatic carbocycles. The third-order valence-electron chi connectivity index (χ3n) is 5.36. The van der Waals surface area contributed by atoms with Crippen molar-refractivity contribution in [2.45, 2.75) is 31.4 Å². The molecule has 0 bridgehead atoms. The Morgan fingerprint density at radius 1 is 1.36 bits per heavy atom. The van der Waals surface area contributed by atoms with Crippen molar-refractivity contribution in [1.82, 2.24) is 20.0 Å². The molecule has 2 saturated heterocycles. The van der Waals surface area contributed by atoms with E-state index in [-0.39, 0.29) is 11.5 Å². The second-order valence-corrected chi connectivity index (χ2v) is 7.45. The molecule has 4 rings (SSSR count). The highest BCUT2D eigenvalue weighted by atomic mass is 35.5. The van der Waals surface area contributed by atoms with Crippen molar-refractivity contribution in [2.24, 2.45) is 7.05 Å². The minimum Gasteiger partial charge on any atom is -0.373 e. The molecule has 25 heavy (non-hydrogen) atoms. The summed E-state index contributed by atoms with van der Waals surface area (Å²) in [5.41, 5.74) is 1.78. The van der Waals surface area contributed by atoms with Gasteiger partial charge in [-0.05, 0) is 25.0 Å². The van der Waals surface area contributed by atoms with Gasteiger partial charge in [-0.25, -0.2) is 0 Å². The van der Waals surface area contributed by atoms with Gasteiger partial charge in [-0.1, -0.05) is 17.7 Å². The standard InChI is InChI=1S/C18H23ClN4O2/c1-22-15-4-2-3-13(19)17(15)14(21-22)12-23-8-5-18(6-9-23)11-16(24)20-7-10-25-18/h2-4H,5-12H2,1H3,(H,20,24). The predicted molar refractivity (Wildman–Crippen MR) is 96.5 cm³/mol. The number of likely N-dealkylation sites (tertiary alicyclic amines) is 1. The van der Waals surface area contributed by atoms with Crippen molar-refractivity contribution >= 4 is 28.4 Å². The van der Waals surface area contributed by atoms with Gasteiger partial charge in [0.1, 0.15) is 0 Å². The van der Waals surface area contributed by atoms with E-state index in [2.05, 4.69) is 15.3 Å². The zero-order chi connectivity index (χ0) is 17.4. The van der Waals surface area contributed by atoms with Gasteiger partial charge in [-0.3, -0.25) is 14.4 Å². The molecule has 1 N–H and O–H groups in total. The van der Waals surface area contributed by atoms with Crippen LogP contribution in [0.1, 0.15) is 25.0 Å². The Morgan fingerprint density at radius 2 is 2.16 bits per heavy atom. The first-order valence-electron chi connectivity index (χ1n) is 8.79. The number of rotatable bonds is 2. The van der Waals surface area contributed by atoms with E-state index in [4.69, 9.17) is 16.3 Å². The van der Waals surface area contributed by atoms with Crippen LogP contribution in [0.5, 0.6) is 0 Å². The average molecular weight is 363 g/mol. The number of carbonyl (C=O) groups is 1. The Kier molecular flexibility index (Phi) is 4.43. The molecule has 0 saturated carbocycles. The summed E-state index contributed by atoms with van der Waals surface area (Å²) in [5, 5.41) is 9.35. The summed E-state index contributed by atoms with van der Waals surface area (Å²) in [6.07, 6.45) is 2.22. The SMILES string of the molecule is Cn1nc(CN2CCC3(CC2)CC(=O)NCCO3)c2c(Cl)cccc21. The number of piperidine rings is 1. The normalized spacial score (nSPS) is 21.4. The van der Waals surface area contributed by atoms with E-state index in [0.717, 1.165) is 54.1 Å². The number of halogens is 1. The molecule has 2 aliphatic rings. The van der Waals surface area contributed by atoms with Gasteiger partial charge in [0.25, 0.3) is 0 Å². The molecule has 1 amide bonds. The summed E-state index contributed by atoms with van der Waals surface area (Å²) in [6.45, 7) is 3.78. The lowest BCUT2D eigenvalue weighted by atomic mass is 9.87. The van der Waals surface area contributed by atoms with Crippen molar-refractivity contribution in [1.29, 1.82) is 0 Å². The van der Waals surface area contributed by atoms with E-state index >= 15 is 0 Å². The fraction of sp³-hybridized carbons (Fsp3) is 0.556. The topological polar surface area (TPSA) is 59.4 Å². The van der Waals surface area contributed by atoms with E-state index in [9.17, 15) is 4.79 Å². The molecule has 1 spiro atoms. The second kappa shape index (κ2) is 6.59. The molecule has 3 heterocycles. The summed E-state index contributed by atoms with van der Waals surface area (Å²) in [4.78, 5) is 14.3. The highest BCUT2D eigenvalue weighted by Gasteiger charge is 2.39. The maximum absolute atomic E-state index is 11.9. The fourth-order valence-electron chi connectivity index (χ4n) is 3.98. The number of fused-ring (bicyclic) bond motifs is 1. The molecule has 134 valence electrons. The Labute approximate surface area is 152 Å². The molecule has 0 unspecified atom stereocenters. The van der Waals surface area contributed by atoms with Gasteiger partial charge in [0.2, 0.25) is 5.91 Å². The third kappa shape index (κ3) is 3.26. The molecule has 7 heteroatoms. The number of benzene rings is 1. The molecule has 6 nitrogen and oxygen atoms in total. The van der Waals surface area contributed by atoms with Crippen molar-refractivity contribution in [3.8, 4) is 0 Å². The lowest BCUT2D eigenvalue weighted by Crippen LogP contribution is -2.46. The summed E-state index contributed by atoms with van der Waals surface area (Å²) < 4.78 is 7.93. The minimum atomic E-state index is -0.291.